The van der Waals surface area contributed by atoms with E-state index in [1.54, 1.807) is 0 Å². The molecule has 0 aliphatic rings. The Kier molecular flexibility index (Phi) is 4.39. The third-order valence-corrected chi connectivity index (χ3v) is 3.53. The number of carbonyl (C=O) groups is 2. The number of benzene rings is 1. The number of aromatic carboxylic acids is 1. The summed E-state index contributed by atoms with van der Waals surface area (Å²) in [7, 11) is 0. The fourth-order valence-electron chi connectivity index (χ4n) is 1.58. The van der Waals surface area contributed by atoms with E-state index >= 15 is 0 Å². The summed E-state index contributed by atoms with van der Waals surface area (Å²) in [4.78, 5) is 26.6. The van der Waals surface area contributed by atoms with Crippen LogP contribution in [0.2, 0.25) is 0 Å². The standard InChI is InChI=1S/C13H13N3O4S/c1-7-6-21-11(15-7)5-14-13(20)16-9-3-2-8(12(18)19)4-10(9)17/h2-4,6,17H,5H2,1H3,(H,18,19)(H2,14,16,20). The van der Waals surface area contributed by atoms with Crippen molar-refractivity contribution in [3.8, 4) is 5.75 Å². The summed E-state index contributed by atoms with van der Waals surface area (Å²) in [6, 6.07) is 3.18. The number of anilines is 1. The molecule has 21 heavy (non-hydrogen) atoms. The molecule has 2 aromatic rings. The number of aryl methyl sites for hydroxylation is 1. The van der Waals surface area contributed by atoms with Crippen molar-refractivity contribution in [2.45, 2.75) is 13.5 Å². The number of hydrogen-bond donors (Lipinski definition) is 4. The Labute approximate surface area is 124 Å². The molecular formula is C13H13N3O4S. The van der Waals surface area contributed by atoms with E-state index in [1.165, 1.54) is 23.5 Å². The molecule has 110 valence electrons. The van der Waals surface area contributed by atoms with Crippen molar-refractivity contribution >= 4 is 29.0 Å². The molecule has 0 fully saturated rings. The van der Waals surface area contributed by atoms with Crippen LogP contribution in [0.25, 0.3) is 0 Å². The lowest BCUT2D eigenvalue weighted by atomic mass is 10.2. The number of aromatic nitrogens is 1. The summed E-state index contributed by atoms with van der Waals surface area (Å²) < 4.78 is 0. The Bertz CT molecular complexity index is 684. The molecule has 7 nitrogen and oxygen atoms in total. The highest BCUT2D eigenvalue weighted by Gasteiger charge is 2.10. The number of rotatable bonds is 4. The maximum Gasteiger partial charge on any atom is 0.335 e. The van der Waals surface area contributed by atoms with Crippen LogP contribution in [0.5, 0.6) is 5.75 Å². The molecule has 0 radical (unpaired) electrons. The van der Waals surface area contributed by atoms with Crippen LogP contribution in [-0.4, -0.2) is 27.2 Å². The van der Waals surface area contributed by atoms with Crippen LogP contribution in [0.1, 0.15) is 21.1 Å². The maximum atomic E-state index is 11.7. The van der Waals surface area contributed by atoms with Gasteiger partial charge in [0.2, 0.25) is 0 Å². The number of carboxylic acid groups (broad SMARTS) is 1. The van der Waals surface area contributed by atoms with E-state index in [2.05, 4.69) is 15.6 Å². The molecule has 2 rings (SSSR count). The van der Waals surface area contributed by atoms with Crippen LogP contribution < -0.4 is 10.6 Å². The second kappa shape index (κ2) is 6.23. The fourth-order valence-corrected chi connectivity index (χ4v) is 2.29. The molecule has 0 saturated carbocycles. The monoisotopic (exact) mass is 307 g/mol. The van der Waals surface area contributed by atoms with Gasteiger partial charge in [-0.05, 0) is 25.1 Å². The normalized spacial score (nSPS) is 10.1. The second-order valence-electron chi connectivity index (χ2n) is 4.23. The molecule has 0 aliphatic carbocycles. The number of carbonyl (C=O) groups excluding carboxylic acids is 1. The van der Waals surface area contributed by atoms with Gasteiger partial charge in [0.1, 0.15) is 10.8 Å². The van der Waals surface area contributed by atoms with Gasteiger partial charge in [-0.15, -0.1) is 11.3 Å². The first-order valence-corrected chi connectivity index (χ1v) is 6.86. The van der Waals surface area contributed by atoms with Gasteiger partial charge in [-0.2, -0.15) is 0 Å². The third kappa shape index (κ3) is 3.93. The van der Waals surface area contributed by atoms with E-state index in [9.17, 15) is 14.7 Å². The molecule has 0 unspecified atom stereocenters. The van der Waals surface area contributed by atoms with Gasteiger partial charge in [0, 0.05) is 11.1 Å². The minimum Gasteiger partial charge on any atom is -0.506 e. The summed E-state index contributed by atoms with van der Waals surface area (Å²) in [6.07, 6.45) is 0. The van der Waals surface area contributed by atoms with E-state index in [0.29, 0.717) is 0 Å². The number of urea groups is 1. The maximum absolute atomic E-state index is 11.7. The van der Waals surface area contributed by atoms with E-state index in [1.807, 2.05) is 12.3 Å². The van der Waals surface area contributed by atoms with E-state index in [4.69, 9.17) is 5.11 Å². The molecule has 0 aliphatic heterocycles. The number of hydrogen-bond acceptors (Lipinski definition) is 5. The highest BCUT2D eigenvalue weighted by atomic mass is 32.1. The van der Waals surface area contributed by atoms with Crippen LogP contribution in [0.3, 0.4) is 0 Å². The van der Waals surface area contributed by atoms with Crippen molar-refractivity contribution in [3.05, 3.63) is 39.8 Å². The summed E-state index contributed by atoms with van der Waals surface area (Å²) in [5.74, 6) is -1.46. The Morgan fingerprint density at radius 2 is 2.14 bits per heavy atom. The summed E-state index contributed by atoms with van der Waals surface area (Å²) in [5.41, 5.74) is 0.962. The fraction of sp³-hybridized carbons (Fsp3) is 0.154. The van der Waals surface area contributed by atoms with Crippen LogP contribution >= 0.6 is 11.3 Å². The zero-order valence-electron chi connectivity index (χ0n) is 11.1. The highest BCUT2D eigenvalue weighted by Crippen LogP contribution is 2.24. The molecule has 0 saturated heterocycles. The van der Waals surface area contributed by atoms with Crippen LogP contribution in [-0.2, 0) is 6.54 Å². The lowest BCUT2D eigenvalue weighted by Crippen LogP contribution is -2.28. The number of thiazole rings is 1. The van der Waals surface area contributed by atoms with Crippen LogP contribution in [0.4, 0.5) is 10.5 Å². The molecule has 1 aromatic carbocycles. The number of aromatic hydroxyl groups is 1. The van der Waals surface area contributed by atoms with Gasteiger partial charge >= 0.3 is 12.0 Å². The van der Waals surface area contributed by atoms with Crippen molar-refractivity contribution in [1.29, 1.82) is 0 Å². The zero-order valence-corrected chi connectivity index (χ0v) is 11.9. The van der Waals surface area contributed by atoms with Crippen LogP contribution in [0, 0.1) is 6.92 Å². The molecule has 2 amide bonds. The van der Waals surface area contributed by atoms with Gasteiger partial charge in [0.05, 0.1) is 17.8 Å². The lowest BCUT2D eigenvalue weighted by Gasteiger charge is -2.08. The van der Waals surface area contributed by atoms with Crippen molar-refractivity contribution in [2.24, 2.45) is 0 Å². The largest absolute Gasteiger partial charge is 0.506 e. The Balaban J connectivity index is 1.94. The van der Waals surface area contributed by atoms with Crippen molar-refractivity contribution in [2.75, 3.05) is 5.32 Å². The zero-order chi connectivity index (χ0) is 15.4. The molecule has 0 spiro atoms. The predicted octanol–water partition coefficient (Wildman–Crippen LogP) is 2.18. The van der Waals surface area contributed by atoms with E-state index < -0.39 is 12.0 Å². The minimum absolute atomic E-state index is 0.0586. The average molecular weight is 307 g/mol. The molecule has 1 aromatic heterocycles. The van der Waals surface area contributed by atoms with Crippen molar-refractivity contribution in [3.63, 3.8) is 0 Å². The number of carboxylic acids is 1. The van der Waals surface area contributed by atoms with Gasteiger partial charge < -0.3 is 20.8 Å². The molecule has 0 bridgehead atoms. The van der Waals surface area contributed by atoms with E-state index in [-0.39, 0.29) is 23.5 Å². The van der Waals surface area contributed by atoms with Gasteiger partial charge in [0.25, 0.3) is 0 Å². The molecule has 1 heterocycles. The second-order valence-corrected chi connectivity index (χ2v) is 5.17. The first-order chi connectivity index (χ1) is 9.95. The van der Waals surface area contributed by atoms with Crippen LogP contribution in [0.15, 0.2) is 23.6 Å². The van der Waals surface area contributed by atoms with Crippen molar-refractivity contribution in [1.82, 2.24) is 10.3 Å². The van der Waals surface area contributed by atoms with E-state index in [0.717, 1.165) is 16.8 Å². The Morgan fingerprint density at radius 1 is 1.38 bits per heavy atom. The molecule has 8 heteroatoms. The highest BCUT2D eigenvalue weighted by molar-refractivity contribution is 7.09. The summed E-state index contributed by atoms with van der Waals surface area (Å²) in [6.45, 7) is 2.14. The quantitative estimate of drug-likeness (QED) is 0.647. The van der Waals surface area contributed by atoms with Gasteiger partial charge in [-0.1, -0.05) is 0 Å². The SMILES string of the molecule is Cc1csc(CNC(=O)Nc2ccc(C(=O)O)cc2O)n1. The summed E-state index contributed by atoms with van der Waals surface area (Å²) in [5, 5.41) is 26.1. The first-order valence-electron chi connectivity index (χ1n) is 5.98. The van der Waals surface area contributed by atoms with Crippen molar-refractivity contribution < 1.29 is 19.8 Å². The predicted molar refractivity (Wildman–Crippen MR) is 77.8 cm³/mol. The number of amides is 2. The molecular weight excluding hydrogens is 294 g/mol. The number of phenols is 1. The number of nitrogens with one attached hydrogen (secondary N) is 2. The molecule has 0 atom stereocenters. The third-order valence-electron chi connectivity index (χ3n) is 2.56. The van der Waals surface area contributed by atoms with Gasteiger partial charge in [-0.25, -0.2) is 14.6 Å². The molecule has 4 N–H and O–H groups in total. The van der Waals surface area contributed by atoms with Gasteiger partial charge in [-0.3, -0.25) is 0 Å². The Hall–Kier alpha value is -2.61. The van der Waals surface area contributed by atoms with Gasteiger partial charge in [0.15, 0.2) is 0 Å². The lowest BCUT2D eigenvalue weighted by molar-refractivity contribution is 0.0696. The number of phenolic OH excluding ortho intramolecular Hbond substituents is 1. The topological polar surface area (TPSA) is 112 Å². The summed E-state index contributed by atoms with van der Waals surface area (Å²) >= 11 is 1.44. The average Bonchev–Trinajstić information content (AvgIpc) is 2.84. The smallest absolute Gasteiger partial charge is 0.335 e. The number of nitrogens with zero attached hydrogens (tertiary/aromatic N) is 1. The Morgan fingerprint density at radius 3 is 2.71 bits per heavy atom. The first kappa shape index (κ1) is 14.8. The minimum atomic E-state index is -1.15.